The second kappa shape index (κ2) is 7.92. The van der Waals surface area contributed by atoms with E-state index in [0.29, 0.717) is 31.5 Å². The summed E-state index contributed by atoms with van der Waals surface area (Å²) in [5.41, 5.74) is 0.858. The zero-order chi connectivity index (χ0) is 17.8. The number of morpholine rings is 1. The van der Waals surface area contributed by atoms with Crippen molar-refractivity contribution in [2.45, 2.75) is 25.3 Å². The maximum atomic E-state index is 12.9. The minimum atomic E-state index is -0.139. The van der Waals surface area contributed by atoms with E-state index >= 15 is 0 Å². The minimum absolute atomic E-state index is 0.125. The number of aromatic nitrogens is 3. The lowest BCUT2D eigenvalue weighted by Crippen LogP contribution is -2.47. The van der Waals surface area contributed by atoms with Crippen LogP contribution in [0.4, 0.5) is 0 Å². The first-order valence-corrected chi connectivity index (χ1v) is 9.15. The first-order chi connectivity index (χ1) is 12.8. The summed E-state index contributed by atoms with van der Waals surface area (Å²) in [6.45, 7) is 4.14. The van der Waals surface area contributed by atoms with Crippen LogP contribution >= 0.6 is 0 Å². The molecule has 2 fully saturated rings. The third-order valence-electron chi connectivity index (χ3n) is 4.95. The number of rotatable bonds is 4. The molecule has 0 spiro atoms. The Kier molecular flexibility index (Phi) is 5.21. The Labute approximate surface area is 152 Å². The Morgan fingerprint density at radius 2 is 1.96 bits per heavy atom. The van der Waals surface area contributed by atoms with Crippen molar-refractivity contribution in [2.75, 3.05) is 39.4 Å². The predicted molar refractivity (Wildman–Crippen MR) is 93.1 cm³/mol. The molecule has 2 aliphatic heterocycles. The van der Waals surface area contributed by atoms with Gasteiger partial charge in [-0.05, 0) is 31.4 Å². The monoisotopic (exact) mass is 357 g/mol. The van der Waals surface area contributed by atoms with Crippen molar-refractivity contribution in [1.29, 1.82) is 0 Å². The van der Waals surface area contributed by atoms with Crippen molar-refractivity contribution < 1.29 is 14.1 Å². The van der Waals surface area contributed by atoms with Gasteiger partial charge in [0.15, 0.2) is 0 Å². The highest BCUT2D eigenvalue weighted by atomic mass is 16.5. The molecule has 2 aromatic rings. The summed E-state index contributed by atoms with van der Waals surface area (Å²) in [5.74, 6) is 1.18. The van der Waals surface area contributed by atoms with Gasteiger partial charge >= 0.3 is 0 Å². The van der Waals surface area contributed by atoms with E-state index in [1.165, 1.54) is 0 Å². The molecule has 0 unspecified atom stereocenters. The third-order valence-corrected chi connectivity index (χ3v) is 4.95. The fourth-order valence-corrected chi connectivity index (χ4v) is 3.52. The highest BCUT2D eigenvalue weighted by Gasteiger charge is 2.33. The Morgan fingerprint density at radius 3 is 2.77 bits per heavy atom. The van der Waals surface area contributed by atoms with Crippen molar-refractivity contribution in [3.63, 3.8) is 0 Å². The molecule has 0 aromatic carbocycles. The van der Waals surface area contributed by atoms with Crippen molar-refractivity contribution in [3.05, 3.63) is 30.4 Å². The number of carbonyl (C=O) groups excluding carboxylic acids is 1. The third kappa shape index (κ3) is 3.76. The lowest BCUT2D eigenvalue weighted by atomic mass is 10.0. The fraction of sp³-hybridized carbons (Fsp3) is 0.556. The molecule has 0 aliphatic carbocycles. The quantitative estimate of drug-likeness (QED) is 0.820. The number of carbonyl (C=O) groups is 1. The van der Waals surface area contributed by atoms with Crippen molar-refractivity contribution in [2.24, 2.45) is 0 Å². The molecule has 0 bridgehead atoms. The van der Waals surface area contributed by atoms with Crippen LogP contribution in [0.1, 0.15) is 31.2 Å². The second-order valence-electron chi connectivity index (χ2n) is 6.68. The van der Waals surface area contributed by atoms with E-state index in [1.807, 2.05) is 17.0 Å². The number of amides is 1. The Balaban J connectivity index is 1.48. The van der Waals surface area contributed by atoms with Crippen LogP contribution in [0.25, 0.3) is 11.4 Å². The van der Waals surface area contributed by atoms with Crippen LogP contribution in [0.5, 0.6) is 0 Å². The van der Waals surface area contributed by atoms with Crippen LogP contribution in [0.15, 0.2) is 29.0 Å². The summed E-state index contributed by atoms with van der Waals surface area (Å²) in [4.78, 5) is 25.5. The van der Waals surface area contributed by atoms with Gasteiger partial charge in [-0.3, -0.25) is 14.7 Å². The number of hydrogen-bond donors (Lipinski definition) is 0. The summed E-state index contributed by atoms with van der Waals surface area (Å²) in [5, 5.41) is 4.09. The molecule has 2 saturated heterocycles. The van der Waals surface area contributed by atoms with Crippen LogP contribution in [0.3, 0.4) is 0 Å². The molecule has 8 nitrogen and oxygen atoms in total. The largest absolute Gasteiger partial charge is 0.379 e. The molecule has 1 atom stereocenters. The highest BCUT2D eigenvalue weighted by molar-refractivity contribution is 5.78. The van der Waals surface area contributed by atoms with Gasteiger partial charge in [-0.2, -0.15) is 4.98 Å². The standard InChI is InChI=1S/C18H23N5O3/c24-16(13-22-9-11-25-12-10-22)23-8-2-1-3-15(23)18-20-17(21-26-18)14-4-6-19-7-5-14/h4-7,15H,1-3,8-13H2/t15-/m1/s1. The van der Waals surface area contributed by atoms with Gasteiger partial charge in [0, 0.05) is 37.6 Å². The Bertz CT molecular complexity index is 729. The van der Waals surface area contributed by atoms with Crippen molar-refractivity contribution >= 4 is 5.91 Å². The van der Waals surface area contributed by atoms with E-state index < -0.39 is 0 Å². The molecule has 26 heavy (non-hydrogen) atoms. The van der Waals surface area contributed by atoms with Crippen molar-refractivity contribution in [3.8, 4) is 11.4 Å². The molecule has 2 aliphatic rings. The maximum Gasteiger partial charge on any atom is 0.249 e. The summed E-state index contributed by atoms with van der Waals surface area (Å²) in [7, 11) is 0. The van der Waals surface area contributed by atoms with Gasteiger partial charge in [0.2, 0.25) is 17.6 Å². The van der Waals surface area contributed by atoms with Gasteiger partial charge in [0.05, 0.1) is 19.8 Å². The average Bonchev–Trinajstić information content (AvgIpc) is 3.19. The number of nitrogens with zero attached hydrogens (tertiary/aromatic N) is 5. The molecule has 138 valence electrons. The van der Waals surface area contributed by atoms with Crippen LogP contribution in [-0.2, 0) is 9.53 Å². The molecular weight excluding hydrogens is 334 g/mol. The second-order valence-corrected chi connectivity index (χ2v) is 6.68. The number of pyridine rings is 1. The van der Waals surface area contributed by atoms with Gasteiger partial charge in [-0.25, -0.2) is 0 Å². The summed E-state index contributed by atoms with van der Waals surface area (Å²) >= 11 is 0. The SMILES string of the molecule is O=C(CN1CCOCC1)N1CCCC[C@@H]1c1nc(-c2ccncc2)no1. The summed E-state index contributed by atoms with van der Waals surface area (Å²) in [6.07, 6.45) is 6.32. The van der Waals surface area contributed by atoms with Gasteiger partial charge in [-0.15, -0.1) is 0 Å². The average molecular weight is 357 g/mol. The summed E-state index contributed by atoms with van der Waals surface area (Å²) < 4.78 is 10.9. The molecule has 2 aromatic heterocycles. The Hall–Kier alpha value is -2.32. The molecule has 0 N–H and O–H groups in total. The fourth-order valence-electron chi connectivity index (χ4n) is 3.52. The van der Waals surface area contributed by atoms with Crippen molar-refractivity contribution in [1.82, 2.24) is 24.9 Å². The van der Waals surface area contributed by atoms with Gasteiger partial charge in [0.1, 0.15) is 6.04 Å². The van der Waals surface area contributed by atoms with E-state index in [-0.39, 0.29) is 11.9 Å². The first kappa shape index (κ1) is 17.1. The lowest BCUT2D eigenvalue weighted by Gasteiger charge is -2.35. The normalized spacial score (nSPS) is 21.7. The maximum absolute atomic E-state index is 12.9. The van der Waals surface area contributed by atoms with E-state index in [2.05, 4.69) is 20.0 Å². The Morgan fingerprint density at radius 1 is 1.15 bits per heavy atom. The highest BCUT2D eigenvalue weighted by Crippen LogP contribution is 2.31. The number of ether oxygens (including phenoxy) is 1. The van der Waals surface area contributed by atoms with E-state index in [4.69, 9.17) is 9.26 Å². The van der Waals surface area contributed by atoms with Gasteiger partial charge < -0.3 is 14.2 Å². The predicted octanol–water partition coefficient (Wildman–Crippen LogP) is 1.52. The van der Waals surface area contributed by atoms with E-state index in [9.17, 15) is 4.79 Å². The zero-order valence-electron chi connectivity index (χ0n) is 14.7. The van der Waals surface area contributed by atoms with Crippen LogP contribution in [0, 0.1) is 0 Å². The summed E-state index contributed by atoms with van der Waals surface area (Å²) in [6, 6.07) is 3.55. The number of likely N-dealkylation sites (tertiary alicyclic amines) is 1. The number of hydrogen-bond acceptors (Lipinski definition) is 7. The van der Waals surface area contributed by atoms with Crippen LogP contribution < -0.4 is 0 Å². The topological polar surface area (TPSA) is 84.6 Å². The van der Waals surface area contributed by atoms with Crippen LogP contribution in [0.2, 0.25) is 0 Å². The van der Waals surface area contributed by atoms with Gasteiger partial charge in [-0.1, -0.05) is 5.16 Å². The lowest BCUT2D eigenvalue weighted by molar-refractivity contribution is -0.138. The van der Waals surface area contributed by atoms with E-state index in [0.717, 1.165) is 44.5 Å². The van der Waals surface area contributed by atoms with Crippen LogP contribution in [-0.4, -0.2) is 70.2 Å². The minimum Gasteiger partial charge on any atom is -0.379 e. The molecule has 8 heteroatoms. The number of piperidine rings is 1. The molecular formula is C18H23N5O3. The molecule has 0 radical (unpaired) electrons. The smallest absolute Gasteiger partial charge is 0.249 e. The van der Waals surface area contributed by atoms with E-state index in [1.54, 1.807) is 12.4 Å². The molecule has 1 amide bonds. The molecule has 4 heterocycles. The zero-order valence-corrected chi connectivity index (χ0v) is 14.7. The first-order valence-electron chi connectivity index (χ1n) is 9.15. The molecule has 4 rings (SSSR count). The molecule has 0 saturated carbocycles. The van der Waals surface area contributed by atoms with Gasteiger partial charge in [0.25, 0.3) is 0 Å².